The highest BCUT2D eigenvalue weighted by Crippen LogP contribution is 2.23. The van der Waals surface area contributed by atoms with Gasteiger partial charge in [0.05, 0.1) is 16.3 Å². The highest BCUT2D eigenvalue weighted by Gasteiger charge is 2.10. The van der Waals surface area contributed by atoms with Crippen LogP contribution in [0.2, 0.25) is 5.02 Å². The SMILES string of the molecule is O=C(O)c1ccc(CNc2ccc(F)cc2Cl)cc1F. The first-order chi connectivity index (χ1) is 9.47. The Balaban J connectivity index is 2.11. The molecule has 2 N–H and O–H groups in total. The quantitative estimate of drug-likeness (QED) is 0.899. The molecule has 0 fully saturated rings. The minimum absolute atomic E-state index is 0.215. The first-order valence-electron chi connectivity index (χ1n) is 5.68. The van der Waals surface area contributed by atoms with E-state index in [9.17, 15) is 13.6 Å². The van der Waals surface area contributed by atoms with Gasteiger partial charge in [-0.3, -0.25) is 0 Å². The average molecular weight is 298 g/mol. The minimum atomic E-state index is -1.32. The van der Waals surface area contributed by atoms with Gasteiger partial charge in [0.25, 0.3) is 0 Å². The first-order valence-corrected chi connectivity index (χ1v) is 6.06. The summed E-state index contributed by atoms with van der Waals surface area (Å²) in [6, 6.07) is 7.71. The van der Waals surface area contributed by atoms with Crippen LogP contribution in [-0.2, 0) is 6.54 Å². The molecule has 3 nitrogen and oxygen atoms in total. The van der Waals surface area contributed by atoms with Gasteiger partial charge in [-0.1, -0.05) is 17.7 Å². The Hall–Kier alpha value is -2.14. The van der Waals surface area contributed by atoms with E-state index < -0.39 is 17.6 Å². The molecule has 0 heterocycles. The molecule has 2 aromatic carbocycles. The highest BCUT2D eigenvalue weighted by molar-refractivity contribution is 6.33. The standard InChI is InChI=1S/C14H10ClF2NO2/c15-11-6-9(16)2-4-13(11)18-7-8-1-3-10(14(19)20)12(17)5-8/h1-6,18H,7H2,(H,19,20). The van der Waals surface area contributed by atoms with E-state index in [0.717, 1.165) is 12.1 Å². The summed E-state index contributed by atoms with van der Waals surface area (Å²) >= 11 is 5.84. The molecule has 0 unspecified atom stereocenters. The fourth-order valence-electron chi connectivity index (χ4n) is 1.67. The molecule has 0 aliphatic rings. The van der Waals surface area contributed by atoms with Crippen LogP contribution in [0.25, 0.3) is 0 Å². The van der Waals surface area contributed by atoms with Crippen LogP contribution < -0.4 is 5.32 Å². The maximum Gasteiger partial charge on any atom is 0.338 e. The Morgan fingerprint density at radius 3 is 2.55 bits per heavy atom. The zero-order valence-electron chi connectivity index (χ0n) is 10.2. The number of anilines is 1. The molecule has 0 aliphatic heterocycles. The van der Waals surface area contributed by atoms with Crippen LogP contribution in [0.1, 0.15) is 15.9 Å². The lowest BCUT2D eigenvalue weighted by atomic mass is 10.1. The van der Waals surface area contributed by atoms with E-state index >= 15 is 0 Å². The Kier molecular flexibility index (Phi) is 4.20. The van der Waals surface area contributed by atoms with Crippen molar-refractivity contribution < 1.29 is 18.7 Å². The van der Waals surface area contributed by atoms with Crippen LogP contribution in [0.3, 0.4) is 0 Å². The van der Waals surface area contributed by atoms with E-state index in [1.54, 1.807) is 0 Å². The third-order valence-electron chi connectivity index (χ3n) is 2.68. The molecule has 6 heteroatoms. The summed E-state index contributed by atoms with van der Waals surface area (Å²) in [5.74, 6) is -2.57. The second-order valence-electron chi connectivity index (χ2n) is 4.10. The van der Waals surface area contributed by atoms with Crippen LogP contribution in [0, 0.1) is 11.6 Å². The number of halogens is 3. The van der Waals surface area contributed by atoms with Crippen molar-refractivity contribution in [3.8, 4) is 0 Å². The van der Waals surface area contributed by atoms with E-state index in [1.165, 1.54) is 24.3 Å². The monoisotopic (exact) mass is 297 g/mol. The predicted molar refractivity (Wildman–Crippen MR) is 72.1 cm³/mol. The molecular weight excluding hydrogens is 288 g/mol. The molecule has 0 aromatic heterocycles. The summed E-state index contributed by atoms with van der Waals surface area (Å²) in [4.78, 5) is 10.7. The number of carboxylic acid groups (broad SMARTS) is 1. The Morgan fingerprint density at radius 1 is 1.20 bits per heavy atom. The maximum absolute atomic E-state index is 13.5. The van der Waals surface area contributed by atoms with Crippen molar-refractivity contribution in [1.29, 1.82) is 0 Å². The number of hydrogen-bond donors (Lipinski definition) is 2. The van der Waals surface area contributed by atoms with Crippen molar-refractivity contribution in [1.82, 2.24) is 0 Å². The topological polar surface area (TPSA) is 49.3 Å². The summed E-state index contributed by atoms with van der Waals surface area (Å²) < 4.78 is 26.3. The molecule has 20 heavy (non-hydrogen) atoms. The molecule has 0 saturated carbocycles. The summed E-state index contributed by atoms with van der Waals surface area (Å²) in [6.07, 6.45) is 0. The Bertz CT molecular complexity index is 662. The van der Waals surface area contributed by atoms with Crippen molar-refractivity contribution in [3.63, 3.8) is 0 Å². The third-order valence-corrected chi connectivity index (χ3v) is 2.99. The third kappa shape index (κ3) is 3.24. The number of aromatic carboxylic acids is 1. The Labute approximate surface area is 118 Å². The molecule has 2 rings (SSSR count). The summed E-state index contributed by atoms with van der Waals surface area (Å²) in [5, 5.41) is 11.9. The second-order valence-corrected chi connectivity index (χ2v) is 4.50. The molecule has 2 aromatic rings. The lowest BCUT2D eigenvalue weighted by Gasteiger charge is -2.09. The van der Waals surface area contributed by atoms with E-state index in [4.69, 9.17) is 16.7 Å². The second kappa shape index (κ2) is 5.88. The molecule has 0 atom stereocenters. The number of hydrogen-bond acceptors (Lipinski definition) is 2. The van der Waals surface area contributed by atoms with Gasteiger partial charge < -0.3 is 10.4 Å². The minimum Gasteiger partial charge on any atom is -0.478 e. The highest BCUT2D eigenvalue weighted by atomic mass is 35.5. The van der Waals surface area contributed by atoms with Gasteiger partial charge in [0.1, 0.15) is 11.6 Å². The lowest BCUT2D eigenvalue weighted by molar-refractivity contribution is 0.0692. The molecule has 0 bridgehead atoms. The van der Waals surface area contributed by atoms with Crippen molar-refractivity contribution >= 4 is 23.3 Å². The molecule has 0 spiro atoms. The van der Waals surface area contributed by atoms with Crippen LogP contribution in [-0.4, -0.2) is 11.1 Å². The number of rotatable bonds is 4. The van der Waals surface area contributed by atoms with Crippen molar-refractivity contribution in [2.24, 2.45) is 0 Å². The van der Waals surface area contributed by atoms with Crippen molar-refractivity contribution in [3.05, 3.63) is 64.2 Å². The van der Waals surface area contributed by atoms with Gasteiger partial charge in [-0.05, 0) is 35.9 Å². The predicted octanol–water partition coefficient (Wildman–Crippen LogP) is 3.93. The normalized spacial score (nSPS) is 10.3. The van der Waals surface area contributed by atoms with Gasteiger partial charge in [0, 0.05) is 6.54 Å². The smallest absolute Gasteiger partial charge is 0.338 e. The fraction of sp³-hybridized carbons (Fsp3) is 0.0714. The number of carboxylic acids is 1. The molecular formula is C14H10ClF2NO2. The van der Waals surface area contributed by atoms with Gasteiger partial charge >= 0.3 is 5.97 Å². The summed E-state index contributed by atoms with van der Waals surface area (Å²) in [6.45, 7) is 0.238. The van der Waals surface area contributed by atoms with E-state index in [-0.39, 0.29) is 17.1 Å². The zero-order chi connectivity index (χ0) is 14.7. The number of benzene rings is 2. The molecule has 0 radical (unpaired) electrons. The molecule has 0 saturated heterocycles. The summed E-state index contributed by atoms with van der Waals surface area (Å²) in [7, 11) is 0. The van der Waals surface area contributed by atoms with Gasteiger partial charge in [0.15, 0.2) is 0 Å². The van der Waals surface area contributed by atoms with E-state index in [0.29, 0.717) is 11.3 Å². The van der Waals surface area contributed by atoms with Gasteiger partial charge in [0.2, 0.25) is 0 Å². The van der Waals surface area contributed by atoms with Crippen LogP contribution in [0.15, 0.2) is 36.4 Å². The summed E-state index contributed by atoms with van der Waals surface area (Å²) in [5.41, 5.74) is 0.678. The van der Waals surface area contributed by atoms with Gasteiger partial charge in [-0.2, -0.15) is 0 Å². The van der Waals surface area contributed by atoms with Gasteiger partial charge in [-0.15, -0.1) is 0 Å². The first kappa shape index (κ1) is 14.3. The van der Waals surface area contributed by atoms with Crippen LogP contribution in [0.5, 0.6) is 0 Å². The van der Waals surface area contributed by atoms with E-state index in [2.05, 4.69) is 5.32 Å². The molecule has 0 aliphatic carbocycles. The zero-order valence-corrected chi connectivity index (χ0v) is 10.9. The fourth-order valence-corrected chi connectivity index (χ4v) is 1.91. The maximum atomic E-state index is 13.5. The lowest BCUT2D eigenvalue weighted by Crippen LogP contribution is -2.04. The van der Waals surface area contributed by atoms with Crippen molar-refractivity contribution in [2.75, 3.05) is 5.32 Å². The largest absolute Gasteiger partial charge is 0.478 e. The van der Waals surface area contributed by atoms with Gasteiger partial charge in [-0.25, -0.2) is 13.6 Å². The average Bonchev–Trinajstić information content (AvgIpc) is 2.37. The van der Waals surface area contributed by atoms with Crippen molar-refractivity contribution in [2.45, 2.75) is 6.54 Å². The molecule has 0 amide bonds. The van der Waals surface area contributed by atoms with E-state index in [1.807, 2.05) is 0 Å². The number of nitrogens with one attached hydrogen (secondary N) is 1. The number of carbonyl (C=O) groups is 1. The van der Waals surface area contributed by atoms with Crippen LogP contribution in [0.4, 0.5) is 14.5 Å². The molecule has 104 valence electrons. The van der Waals surface area contributed by atoms with Crippen LogP contribution >= 0.6 is 11.6 Å². The Morgan fingerprint density at radius 2 is 1.95 bits per heavy atom.